The van der Waals surface area contributed by atoms with Gasteiger partial charge in [0.05, 0.1) is 24.2 Å². The van der Waals surface area contributed by atoms with Crippen LogP contribution in [0.3, 0.4) is 0 Å². The standard InChI is InChI=1S/C22H30N2O5/c1-22(2,3)29-21(26)24-16-9-10-17(24)19(18-11-12-27-18)23(13-16)20(25)28-14-15-7-5-4-6-8-15/h4-8,16-19H,9-14H2,1-3H3/t16-,17+,18?,19+/m1/s1. The molecule has 4 rings (SSSR count). The van der Waals surface area contributed by atoms with Crippen molar-refractivity contribution in [2.75, 3.05) is 13.2 Å². The topological polar surface area (TPSA) is 68.3 Å². The number of carbonyl (C=O) groups is 2. The molecular weight excluding hydrogens is 372 g/mol. The molecule has 1 unspecified atom stereocenters. The highest BCUT2D eigenvalue weighted by molar-refractivity contribution is 5.72. The van der Waals surface area contributed by atoms with Crippen molar-refractivity contribution in [2.45, 2.75) is 76.5 Å². The number of nitrogens with zero attached hydrogens (tertiary/aromatic N) is 2. The first-order valence-corrected chi connectivity index (χ1v) is 10.4. The number of piperazine rings is 1. The number of rotatable bonds is 3. The Morgan fingerprint density at radius 2 is 1.83 bits per heavy atom. The number of likely N-dealkylation sites (tertiary alicyclic amines) is 1. The molecule has 158 valence electrons. The molecule has 0 radical (unpaired) electrons. The molecule has 3 fully saturated rings. The first-order valence-electron chi connectivity index (χ1n) is 10.4. The van der Waals surface area contributed by atoms with Crippen molar-refractivity contribution in [2.24, 2.45) is 0 Å². The van der Waals surface area contributed by atoms with Crippen molar-refractivity contribution >= 4 is 12.2 Å². The third-order valence-corrected chi connectivity index (χ3v) is 5.87. The maximum atomic E-state index is 13.0. The zero-order valence-electron chi connectivity index (χ0n) is 17.4. The van der Waals surface area contributed by atoms with Crippen LogP contribution in [0.5, 0.6) is 0 Å². The van der Waals surface area contributed by atoms with Crippen LogP contribution in [0.1, 0.15) is 45.6 Å². The van der Waals surface area contributed by atoms with E-state index in [9.17, 15) is 9.59 Å². The maximum absolute atomic E-state index is 13.0. The summed E-state index contributed by atoms with van der Waals surface area (Å²) < 4.78 is 17.0. The molecule has 2 bridgehead atoms. The number of fused-ring (bicyclic) bond motifs is 2. The van der Waals surface area contributed by atoms with Crippen LogP contribution >= 0.6 is 0 Å². The molecule has 2 amide bonds. The van der Waals surface area contributed by atoms with Crippen LogP contribution in [0, 0.1) is 0 Å². The van der Waals surface area contributed by atoms with E-state index < -0.39 is 5.60 Å². The number of benzene rings is 1. The zero-order valence-corrected chi connectivity index (χ0v) is 17.4. The summed E-state index contributed by atoms with van der Waals surface area (Å²) in [5, 5.41) is 0. The predicted molar refractivity (Wildman–Crippen MR) is 106 cm³/mol. The van der Waals surface area contributed by atoms with E-state index >= 15 is 0 Å². The van der Waals surface area contributed by atoms with E-state index in [1.165, 1.54) is 0 Å². The second kappa shape index (κ2) is 7.86. The summed E-state index contributed by atoms with van der Waals surface area (Å²) in [6.07, 6.45) is 1.89. The highest BCUT2D eigenvalue weighted by Crippen LogP contribution is 2.39. The Kier molecular flexibility index (Phi) is 5.42. The van der Waals surface area contributed by atoms with Crippen molar-refractivity contribution in [3.8, 4) is 0 Å². The molecule has 1 aromatic rings. The van der Waals surface area contributed by atoms with Crippen LogP contribution in [0.15, 0.2) is 30.3 Å². The van der Waals surface area contributed by atoms with Crippen LogP contribution in [0.25, 0.3) is 0 Å². The van der Waals surface area contributed by atoms with E-state index in [0.29, 0.717) is 13.2 Å². The van der Waals surface area contributed by atoms with E-state index in [0.717, 1.165) is 24.8 Å². The summed E-state index contributed by atoms with van der Waals surface area (Å²) in [7, 11) is 0. The third kappa shape index (κ3) is 4.20. The second-order valence-electron chi connectivity index (χ2n) is 9.07. The smallest absolute Gasteiger partial charge is 0.410 e. The highest BCUT2D eigenvalue weighted by Gasteiger charge is 2.54. The van der Waals surface area contributed by atoms with Crippen molar-refractivity contribution in [3.05, 3.63) is 35.9 Å². The van der Waals surface area contributed by atoms with E-state index in [-0.39, 0.29) is 43.0 Å². The van der Waals surface area contributed by atoms with Gasteiger partial charge < -0.3 is 14.2 Å². The average molecular weight is 402 g/mol. The van der Waals surface area contributed by atoms with E-state index in [1.807, 2.05) is 56.0 Å². The number of carbonyl (C=O) groups excluding carboxylic acids is 2. The Morgan fingerprint density at radius 1 is 1.10 bits per heavy atom. The molecule has 3 saturated heterocycles. The lowest BCUT2D eigenvalue weighted by Gasteiger charge is -2.50. The summed E-state index contributed by atoms with van der Waals surface area (Å²) in [6, 6.07) is 9.31. The first-order chi connectivity index (χ1) is 13.8. The molecule has 7 heteroatoms. The summed E-state index contributed by atoms with van der Waals surface area (Å²) in [5.41, 5.74) is 0.401. The van der Waals surface area contributed by atoms with Gasteiger partial charge in [0.15, 0.2) is 0 Å². The Bertz CT molecular complexity index is 743. The van der Waals surface area contributed by atoms with Crippen molar-refractivity contribution < 1.29 is 23.8 Å². The van der Waals surface area contributed by atoms with Gasteiger partial charge in [-0.3, -0.25) is 9.80 Å². The minimum Gasteiger partial charge on any atom is -0.445 e. The second-order valence-corrected chi connectivity index (χ2v) is 9.07. The molecule has 0 spiro atoms. The third-order valence-electron chi connectivity index (χ3n) is 5.87. The van der Waals surface area contributed by atoms with E-state index in [2.05, 4.69) is 0 Å². The highest BCUT2D eigenvalue weighted by atomic mass is 16.6. The van der Waals surface area contributed by atoms with E-state index in [4.69, 9.17) is 14.2 Å². The molecule has 3 heterocycles. The Morgan fingerprint density at radius 3 is 2.45 bits per heavy atom. The van der Waals surface area contributed by atoms with Gasteiger partial charge in [0.2, 0.25) is 0 Å². The largest absolute Gasteiger partial charge is 0.445 e. The Labute approximate surface area is 171 Å². The monoisotopic (exact) mass is 402 g/mol. The van der Waals surface area contributed by atoms with Gasteiger partial charge in [0.1, 0.15) is 12.2 Å². The SMILES string of the molecule is CC(C)(C)OC(=O)N1[C@@H]2CC[C@H]1[C@@H](C1CCO1)N(C(=O)OCc1ccccc1)C2. The van der Waals surface area contributed by atoms with Crippen LogP contribution in [-0.2, 0) is 20.8 Å². The summed E-state index contributed by atoms with van der Waals surface area (Å²) >= 11 is 0. The number of amides is 2. The van der Waals surface area contributed by atoms with Gasteiger partial charge in [-0.15, -0.1) is 0 Å². The minimum absolute atomic E-state index is 0.0459. The molecule has 0 saturated carbocycles. The van der Waals surface area contributed by atoms with Gasteiger partial charge in [-0.2, -0.15) is 0 Å². The number of ether oxygens (including phenoxy) is 3. The first kappa shape index (κ1) is 20.0. The molecule has 1 aromatic carbocycles. The fraction of sp³-hybridized carbons (Fsp3) is 0.636. The van der Waals surface area contributed by atoms with Crippen LogP contribution in [0.4, 0.5) is 9.59 Å². The molecule has 4 atom stereocenters. The van der Waals surface area contributed by atoms with Gasteiger partial charge in [0, 0.05) is 13.2 Å². The molecule has 3 aliphatic rings. The average Bonchev–Trinajstić information content (AvgIpc) is 2.95. The minimum atomic E-state index is -0.551. The zero-order chi connectivity index (χ0) is 20.6. The van der Waals surface area contributed by atoms with Crippen LogP contribution in [0.2, 0.25) is 0 Å². The number of hydrogen-bond donors (Lipinski definition) is 0. The Hall–Kier alpha value is -2.28. The lowest BCUT2D eigenvalue weighted by atomic mass is 9.93. The molecule has 0 aromatic heterocycles. The lowest BCUT2D eigenvalue weighted by Crippen LogP contribution is -2.67. The maximum Gasteiger partial charge on any atom is 0.410 e. The summed E-state index contributed by atoms with van der Waals surface area (Å²) in [5.74, 6) is 0. The van der Waals surface area contributed by atoms with E-state index in [1.54, 1.807) is 4.90 Å². The molecule has 0 aliphatic carbocycles. The van der Waals surface area contributed by atoms with Gasteiger partial charge >= 0.3 is 12.2 Å². The summed E-state index contributed by atoms with van der Waals surface area (Å²) in [4.78, 5) is 29.5. The molecule has 29 heavy (non-hydrogen) atoms. The van der Waals surface area contributed by atoms with Crippen LogP contribution in [-0.4, -0.2) is 65.0 Å². The fourth-order valence-corrected chi connectivity index (χ4v) is 4.55. The van der Waals surface area contributed by atoms with Crippen LogP contribution < -0.4 is 0 Å². The van der Waals surface area contributed by atoms with Gasteiger partial charge in [-0.25, -0.2) is 9.59 Å². The lowest BCUT2D eigenvalue weighted by molar-refractivity contribution is -0.126. The van der Waals surface area contributed by atoms with Gasteiger partial charge in [-0.1, -0.05) is 30.3 Å². The fourth-order valence-electron chi connectivity index (χ4n) is 4.55. The normalized spacial score (nSPS) is 28.7. The van der Waals surface area contributed by atoms with Gasteiger partial charge in [0.25, 0.3) is 0 Å². The number of hydrogen-bond acceptors (Lipinski definition) is 5. The molecule has 7 nitrogen and oxygen atoms in total. The van der Waals surface area contributed by atoms with Crippen molar-refractivity contribution in [1.82, 2.24) is 9.80 Å². The van der Waals surface area contributed by atoms with Crippen molar-refractivity contribution in [3.63, 3.8) is 0 Å². The van der Waals surface area contributed by atoms with Gasteiger partial charge in [-0.05, 0) is 45.6 Å². The molecular formula is C22H30N2O5. The molecule has 3 aliphatic heterocycles. The van der Waals surface area contributed by atoms with Crippen molar-refractivity contribution in [1.29, 1.82) is 0 Å². The quantitative estimate of drug-likeness (QED) is 0.773. The Balaban J connectivity index is 1.49. The predicted octanol–water partition coefficient (Wildman–Crippen LogP) is 3.56. The molecule has 0 N–H and O–H groups in total. The summed E-state index contributed by atoms with van der Waals surface area (Å²) in [6.45, 7) is 6.99.